The molecule has 0 unspecified atom stereocenters. The van der Waals surface area contributed by atoms with Gasteiger partial charge in [-0.05, 0) is 37.8 Å². The number of hydrogen-bond donors (Lipinski definition) is 2. The fourth-order valence-electron chi connectivity index (χ4n) is 4.06. The number of imidazole rings is 1. The Morgan fingerprint density at radius 1 is 1.19 bits per heavy atom. The zero-order valence-corrected chi connectivity index (χ0v) is 18.3. The van der Waals surface area contributed by atoms with E-state index < -0.39 is 18.0 Å². The Bertz CT molecular complexity index is 1010. The van der Waals surface area contributed by atoms with Crippen LogP contribution in [0.15, 0.2) is 30.6 Å². The van der Waals surface area contributed by atoms with Crippen LogP contribution in [-0.2, 0) is 4.79 Å². The van der Waals surface area contributed by atoms with Crippen LogP contribution in [0.5, 0.6) is 0 Å². The molecule has 1 atom stereocenters. The summed E-state index contributed by atoms with van der Waals surface area (Å²) in [6.07, 6.45) is 3.28. The third-order valence-electron chi connectivity index (χ3n) is 5.86. The summed E-state index contributed by atoms with van der Waals surface area (Å²) in [6.45, 7) is 0.601. The van der Waals surface area contributed by atoms with Gasteiger partial charge in [-0.25, -0.2) is 9.37 Å². The molecule has 0 radical (unpaired) electrons. The summed E-state index contributed by atoms with van der Waals surface area (Å²) in [5, 5.41) is 3.45. The van der Waals surface area contributed by atoms with Crippen molar-refractivity contribution in [2.45, 2.75) is 44.3 Å². The van der Waals surface area contributed by atoms with Crippen LogP contribution in [0.25, 0.3) is 0 Å². The number of para-hydroxylation sites is 1. The molecule has 0 bridgehead atoms. The van der Waals surface area contributed by atoms with Gasteiger partial charge in [-0.2, -0.15) is 0 Å². The summed E-state index contributed by atoms with van der Waals surface area (Å²) in [7, 11) is 0. The highest BCUT2D eigenvalue weighted by molar-refractivity contribution is 6.33. The highest BCUT2D eigenvalue weighted by atomic mass is 35.5. The van der Waals surface area contributed by atoms with Crippen LogP contribution >= 0.6 is 11.6 Å². The van der Waals surface area contributed by atoms with Gasteiger partial charge in [0, 0.05) is 19.0 Å². The van der Waals surface area contributed by atoms with E-state index in [9.17, 15) is 18.8 Å². The number of amides is 3. The quantitative estimate of drug-likeness (QED) is 0.731. The highest BCUT2D eigenvalue weighted by Gasteiger charge is 2.34. The lowest BCUT2D eigenvalue weighted by molar-refractivity contribution is -0.118. The van der Waals surface area contributed by atoms with Gasteiger partial charge < -0.3 is 20.1 Å². The van der Waals surface area contributed by atoms with Crippen LogP contribution in [-0.4, -0.2) is 64.4 Å². The number of H-pyrrole nitrogens is 1. The Balaban J connectivity index is 1.40. The van der Waals surface area contributed by atoms with Crippen LogP contribution in [0.1, 0.15) is 53.1 Å². The van der Waals surface area contributed by atoms with E-state index in [4.69, 9.17) is 11.6 Å². The van der Waals surface area contributed by atoms with Crippen LogP contribution in [0.4, 0.5) is 10.1 Å². The number of hydrogen-bond acceptors (Lipinski definition) is 4. The first-order valence-electron chi connectivity index (χ1n) is 10.8. The summed E-state index contributed by atoms with van der Waals surface area (Å²) >= 11 is 6.28. The minimum atomic E-state index is -1.03. The number of nitrogens with zero attached hydrogens (tertiary/aromatic N) is 3. The molecule has 0 aliphatic carbocycles. The molecule has 2 N–H and O–H groups in total. The van der Waals surface area contributed by atoms with Crippen molar-refractivity contribution in [1.29, 1.82) is 0 Å². The van der Waals surface area contributed by atoms with Crippen molar-refractivity contribution in [2.24, 2.45) is 0 Å². The van der Waals surface area contributed by atoms with Gasteiger partial charge in [0.05, 0.1) is 30.1 Å². The number of anilines is 1. The molecular formula is C22H25ClFN5O3. The largest absolute Gasteiger partial charge is 0.348 e. The van der Waals surface area contributed by atoms with E-state index in [2.05, 4.69) is 15.3 Å². The van der Waals surface area contributed by atoms with E-state index >= 15 is 0 Å². The molecule has 1 aromatic carbocycles. The van der Waals surface area contributed by atoms with Crippen molar-refractivity contribution < 1.29 is 18.8 Å². The number of aromatic nitrogens is 2. The van der Waals surface area contributed by atoms with Crippen molar-refractivity contribution in [2.75, 3.05) is 24.5 Å². The first-order valence-corrected chi connectivity index (χ1v) is 11.1. The number of nitrogens with one attached hydrogen (secondary N) is 2. The van der Waals surface area contributed by atoms with Crippen LogP contribution in [0.2, 0.25) is 5.02 Å². The van der Waals surface area contributed by atoms with E-state index in [1.807, 2.05) is 18.2 Å². The lowest BCUT2D eigenvalue weighted by Crippen LogP contribution is -2.52. The number of benzene rings is 1. The second kappa shape index (κ2) is 9.68. The van der Waals surface area contributed by atoms with Gasteiger partial charge >= 0.3 is 0 Å². The molecule has 8 nitrogen and oxygen atoms in total. The molecule has 2 saturated heterocycles. The molecule has 2 aromatic rings. The first-order chi connectivity index (χ1) is 15.4. The predicted octanol–water partition coefficient (Wildman–Crippen LogP) is 2.95. The SMILES string of the molecule is O=C(N[C@@H]1CCCCN(c2ccccc2Cl)C(=O)CC1)c1nc[nH]c1C(=O)N1CC(F)C1. The van der Waals surface area contributed by atoms with Crippen molar-refractivity contribution in [3.05, 3.63) is 47.0 Å². The standard InChI is InChI=1S/C22H25ClFN5O3/c23-16-6-1-2-7-17(16)29-10-4-3-5-15(8-9-18(29)30)27-21(31)19-20(26-13-25-19)22(32)28-11-14(24)12-28/h1-2,6-7,13-15H,3-5,8-12H2,(H,25,26)(H,27,31)/t15-/m1/s1. The van der Waals surface area contributed by atoms with Gasteiger partial charge in [0.1, 0.15) is 11.9 Å². The number of aromatic amines is 1. The van der Waals surface area contributed by atoms with Gasteiger partial charge in [-0.3, -0.25) is 14.4 Å². The summed E-state index contributed by atoms with van der Waals surface area (Å²) in [4.78, 5) is 47.9. The van der Waals surface area contributed by atoms with Crippen molar-refractivity contribution >= 4 is 35.0 Å². The third-order valence-corrected chi connectivity index (χ3v) is 6.18. The van der Waals surface area contributed by atoms with Crippen molar-refractivity contribution in [3.63, 3.8) is 0 Å². The van der Waals surface area contributed by atoms with E-state index in [1.54, 1.807) is 11.0 Å². The van der Waals surface area contributed by atoms with E-state index in [-0.39, 0.29) is 42.8 Å². The number of carbonyl (C=O) groups excluding carboxylic acids is 3. The summed E-state index contributed by atoms with van der Waals surface area (Å²) in [6, 6.07) is 7.04. The predicted molar refractivity (Wildman–Crippen MR) is 118 cm³/mol. The van der Waals surface area contributed by atoms with Crippen molar-refractivity contribution in [1.82, 2.24) is 20.2 Å². The number of rotatable bonds is 4. The van der Waals surface area contributed by atoms with Gasteiger partial charge in [0.25, 0.3) is 11.8 Å². The second-order valence-corrected chi connectivity index (χ2v) is 8.54. The summed E-state index contributed by atoms with van der Waals surface area (Å²) in [5.41, 5.74) is 0.738. The lowest BCUT2D eigenvalue weighted by atomic mass is 10.0. The smallest absolute Gasteiger partial charge is 0.272 e. The van der Waals surface area contributed by atoms with Gasteiger partial charge in [0.15, 0.2) is 5.69 Å². The van der Waals surface area contributed by atoms with E-state index in [0.29, 0.717) is 30.1 Å². The molecule has 4 rings (SSSR count). The normalized spacial score (nSPS) is 20.2. The Hall–Kier alpha value is -2.94. The molecule has 3 heterocycles. The molecule has 2 aliphatic rings. The zero-order chi connectivity index (χ0) is 22.7. The Morgan fingerprint density at radius 3 is 2.72 bits per heavy atom. The minimum absolute atomic E-state index is 0.0128. The third kappa shape index (κ3) is 4.77. The van der Waals surface area contributed by atoms with Crippen molar-refractivity contribution in [3.8, 4) is 0 Å². The topological polar surface area (TPSA) is 98.4 Å². The molecule has 10 heteroatoms. The number of halogens is 2. The molecule has 32 heavy (non-hydrogen) atoms. The van der Waals surface area contributed by atoms with Crippen LogP contribution in [0.3, 0.4) is 0 Å². The fraction of sp³-hybridized carbons (Fsp3) is 0.455. The lowest BCUT2D eigenvalue weighted by Gasteiger charge is -2.34. The van der Waals surface area contributed by atoms with E-state index in [1.165, 1.54) is 11.2 Å². The van der Waals surface area contributed by atoms with Gasteiger partial charge in [-0.15, -0.1) is 0 Å². The molecule has 1 aromatic heterocycles. The summed E-state index contributed by atoms with van der Waals surface area (Å²) < 4.78 is 13.1. The summed E-state index contributed by atoms with van der Waals surface area (Å²) in [5.74, 6) is -0.971. The fourth-order valence-corrected chi connectivity index (χ4v) is 4.30. The van der Waals surface area contributed by atoms with Gasteiger partial charge in [0.2, 0.25) is 5.91 Å². The second-order valence-electron chi connectivity index (χ2n) is 8.14. The average molecular weight is 462 g/mol. The Morgan fingerprint density at radius 2 is 1.97 bits per heavy atom. The molecule has 170 valence electrons. The maximum atomic E-state index is 13.1. The molecule has 2 fully saturated rings. The van der Waals surface area contributed by atoms with Crippen LogP contribution < -0.4 is 10.2 Å². The zero-order valence-electron chi connectivity index (χ0n) is 17.5. The molecule has 0 saturated carbocycles. The molecule has 2 aliphatic heterocycles. The number of likely N-dealkylation sites (tertiary alicyclic amines) is 1. The van der Waals surface area contributed by atoms with Gasteiger partial charge in [-0.1, -0.05) is 23.7 Å². The van der Waals surface area contributed by atoms with Crippen LogP contribution in [0, 0.1) is 0 Å². The molecule has 0 spiro atoms. The molecule has 3 amide bonds. The minimum Gasteiger partial charge on any atom is -0.348 e. The van der Waals surface area contributed by atoms with E-state index in [0.717, 1.165) is 12.8 Å². The molecular weight excluding hydrogens is 437 g/mol. The Labute approximate surface area is 190 Å². The number of alkyl halides is 1. The Kier molecular flexibility index (Phi) is 6.74. The maximum Gasteiger partial charge on any atom is 0.272 e. The first kappa shape index (κ1) is 22.3. The number of carbonyl (C=O) groups is 3. The maximum absolute atomic E-state index is 13.1. The highest BCUT2D eigenvalue weighted by Crippen LogP contribution is 2.27. The monoisotopic (exact) mass is 461 g/mol. The average Bonchev–Trinajstić information content (AvgIpc) is 3.27.